The molecule has 0 aromatic heterocycles. The second-order valence-corrected chi connectivity index (χ2v) is 7.27. The van der Waals surface area contributed by atoms with Gasteiger partial charge in [-0.15, -0.1) is 0 Å². The predicted octanol–water partition coefficient (Wildman–Crippen LogP) is 1.85. The molecule has 6 heteroatoms. The summed E-state index contributed by atoms with van der Waals surface area (Å²) in [6, 6.07) is 8.46. The number of hydrogen-bond acceptors (Lipinski definition) is 3. The van der Waals surface area contributed by atoms with Gasteiger partial charge in [0, 0.05) is 11.1 Å². The summed E-state index contributed by atoms with van der Waals surface area (Å²) >= 11 is 5.97. The summed E-state index contributed by atoms with van der Waals surface area (Å²) in [6.45, 7) is 0.698. The average Bonchev–Trinajstić information content (AvgIpc) is 2.24. The van der Waals surface area contributed by atoms with Gasteiger partial charge in [-0.3, -0.25) is 0 Å². The first-order valence-corrected chi connectivity index (χ1v) is 8.53. The number of hydrogen-bond donors (Lipinski definition) is 2. The topological polar surface area (TPSA) is 72.2 Å². The zero-order valence-corrected chi connectivity index (χ0v) is 12.3. The van der Waals surface area contributed by atoms with E-state index in [1.54, 1.807) is 0 Å². The zero-order chi connectivity index (χ0) is 13.9. The lowest BCUT2D eigenvalue weighted by Crippen LogP contribution is -2.41. The van der Waals surface area contributed by atoms with E-state index in [0.717, 1.165) is 17.9 Å². The van der Waals surface area contributed by atoms with Crippen molar-refractivity contribution in [2.45, 2.75) is 31.2 Å². The molecule has 1 aromatic rings. The molecule has 0 heterocycles. The van der Waals surface area contributed by atoms with Crippen LogP contribution >= 0.6 is 11.6 Å². The predicted molar refractivity (Wildman–Crippen MR) is 77.8 cm³/mol. The van der Waals surface area contributed by atoms with Crippen molar-refractivity contribution in [3.8, 4) is 0 Å². The molecule has 0 amide bonds. The largest absolute Gasteiger partial charge is 0.314 e. The molecular weight excluding hydrogens is 284 g/mol. The van der Waals surface area contributed by atoms with Gasteiger partial charge in [0.1, 0.15) is 0 Å². The van der Waals surface area contributed by atoms with E-state index in [0.29, 0.717) is 24.9 Å². The normalized spacial score (nSPS) is 23.1. The minimum Gasteiger partial charge on any atom is -0.314 e. The zero-order valence-electron chi connectivity index (χ0n) is 10.7. The molecule has 0 radical (unpaired) electrons. The number of benzene rings is 1. The van der Waals surface area contributed by atoms with E-state index in [1.807, 2.05) is 18.2 Å². The highest BCUT2D eigenvalue weighted by molar-refractivity contribution is 7.89. The Labute approximate surface area is 119 Å². The van der Waals surface area contributed by atoms with Crippen LogP contribution in [0.2, 0.25) is 5.02 Å². The Hall–Kier alpha value is -0.620. The lowest BCUT2D eigenvalue weighted by molar-refractivity contribution is 0.292. The third-order valence-corrected chi connectivity index (χ3v) is 4.59. The summed E-state index contributed by atoms with van der Waals surface area (Å²) < 4.78 is 21.5. The van der Waals surface area contributed by atoms with Crippen LogP contribution in [0, 0.1) is 0 Å². The van der Waals surface area contributed by atoms with Crippen molar-refractivity contribution >= 4 is 21.6 Å². The van der Waals surface area contributed by atoms with Crippen molar-refractivity contribution in [1.82, 2.24) is 5.32 Å². The minimum atomic E-state index is -3.32. The fraction of sp³-hybridized carbons (Fsp3) is 0.538. The highest BCUT2D eigenvalue weighted by atomic mass is 35.5. The molecule has 1 saturated carbocycles. The molecule has 19 heavy (non-hydrogen) atoms. The van der Waals surface area contributed by atoms with Crippen LogP contribution in [0.25, 0.3) is 0 Å². The Kier molecular flexibility index (Phi) is 4.84. The van der Waals surface area contributed by atoms with Crippen LogP contribution < -0.4 is 10.5 Å². The van der Waals surface area contributed by atoms with Crippen LogP contribution in [0.15, 0.2) is 24.3 Å². The number of halogens is 1. The third-order valence-electron chi connectivity index (χ3n) is 3.50. The van der Waals surface area contributed by atoms with E-state index in [-0.39, 0.29) is 5.75 Å². The first kappa shape index (κ1) is 14.8. The Bertz CT molecular complexity index is 527. The smallest absolute Gasteiger partial charge is 0.209 e. The summed E-state index contributed by atoms with van der Waals surface area (Å²) in [5, 5.41) is 9.08. The highest BCUT2D eigenvalue weighted by Crippen LogP contribution is 2.37. The third kappa shape index (κ3) is 4.76. The second-order valence-electron chi connectivity index (χ2n) is 5.09. The molecule has 0 atom stereocenters. The van der Waals surface area contributed by atoms with Gasteiger partial charge in [-0.25, -0.2) is 13.6 Å². The van der Waals surface area contributed by atoms with Crippen LogP contribution in [-0.2, 0) is 10.0 Å². The second kappa shape index (κ2) is 6.22. The maximum Gasteiger partial charge on any atom is 0.209 e. The summed E-state index contributed by atoms with van der Waals surface area (Å²) in [6.07, 6.45) is 2.72. The van der Waals surface area contributed by atoms with Gasteiger partial charge in [0.05, 0.1) is 5.75 Å². The number of nitrogens with two attached hydrogens (primary N) is 1. The molecule has 2 rings (SSSR count). The molecule has 0 aliphatic heterocycles. The minimum absolute atomic E-state index is 0.0461. The lowest BCUT2D eigenvalue weighted by atomic mass is 9.76. The highest BCUT2D eigenvalue weighted by Gasteiger charge is 2.29. The van der Waals surface area contributed by atoms with Gasteiger partial charge in [-0.1, -0.05) is 23.7 Å². The van der Waals surface area contributed by atoms with Crippen molar-refractivity contribution in [3.05, 3.63) is 34.9 Å². The van der Waals surface area contributed by atoms with Crippen LogP contribution in [-0.4, -0.2) is 26.8 Å². The molecule has 1 aromatic carbocycles. The Morgan fingerprint density at radius 3 is 2.74 bits per heavy atom. The van der Waals surface area contributed by atoms with Crippen molar-refractivity contribution in [3.63, 3.8) is 0 Å². The van der Waals surface area contributed by atoms with Gasteiger partial charge in [0.25, 0.3) is 0 Å². The van der Waals surface area contributed by atoms with Crippen molar-refractivity contribution in [1.29, 1.82) is 0 Å². The summed E-state index contributed by atoms with van der Waals surface area (Å²) in [7, 11) is -3.32. The molecule has 0 unspecified atom stereocenters. The van der Waals surface area contributed by atoms with Crippen molar-refractivity contribution in [2.24, 2.45) is 5.14 Å². The standard InChI is InChI=1S/C13H19ClN2O2S/c14-12-4-1-3-10(7-12)11-8-13(9-11)16-5-2-6-19(15,17)18/h1,3-4,7,11,13,16H,2,5-6,8-9H2,(H2,15,17,18). The Morgan fingerprint density at radius 1 is 1.37 bits per heavy atom. The van der Waals surface area contributed by atoms with Crippen molar-refractivity contribution < 1.29 is 8.42 Å². The van der Waals surface area contributed by atoms with Crippen LogP contribution in [0.4, 0.5) is 0 Å². The van der Waals surface area contributed by atoms with Gasteiger partial charge >= 0.3 is 0 Å². The SMILES string of the molecule is NS(=O)(=O)CCCNC1CC(c2cccc(Cl)c2)C1. The first-order chi connectivity index (χ1) is 8.94. The molecular formula is C13H19ClN2O2S. The van der Waals surface area contributed by atoms with E-state index in [2.05, 4.69) is 11.4 Å². The Balaban J connectivity index is 1.67. The van der Waals surface area contributed by atoms with E-state index in [9.17, 15) is 8.42 Å². The van der Waals surface area contributed by atoms with E-state index >= 15 is 0 Å². The average molecular weight is 303 g/mol. The van der Waals surface area contributed by atoms with Gasteiger partial charge in [0.15, 0.2) is 0 Å². The van der Waals surface area contributed by atoms with Crippen molar-refractivity contribution in [2.75, 3.05) is 12.3 Å². The molecule has 1 fully saturated rings. The van der Waals surface area contributed by atoms with E-state index in [4.69, 9.17) is 16.7 Å². The van der Waals surface area contributed by atoms with E-state index in [1.165, 1.54) is 5.56 Å². The summed E-state index contributed by atoms with van der Waals surface area (Å²) in [5.41, 5.74) is 1.29. The van der Waals surface area contributed by atoms with Gasteiger partial charge in [-0.05, 0) is 49.4 Å². The van der Waals surface area contributed by atoms with Gasteiger partial charge < -0.3 is 5.32 Å². The first-order valence-electron chi connectivity index (χ1n) is 6.43. The molecule has 0 spiro atoms. The van der Waals surface area contributed by atoms with E-state index < -0.39 is 10.0 Å². The maximum absolute atomic E-state index is 10.8. The van der Waals surface area contributed by atoms with Crippen LogP contribution in [0.5, 0.6) is 0 Å². The fourth-order valence-electron chi connectivity index (χ4n) is 2.40. The molecule has 3 N–H and O–H groups in total. The van der Waals surface area contributed by atoms with Crippen LogP contribution in [0.1, 0.15) is 30.7 Å². The number of nitrogens with one attached hydrogen (secondary N) is 1. The molecule has 1 aliphatic rings. The number of primary sulfonamides is 1. The summed E-state index contributed by atoms with van der Waals surface area (Å²) in [5.74, 6) is 0.610. The lowest BCUT2D eigenvalue weighted by Gasteiger charge is -2.36. The van der Waals surface area contributed by atoms with Gasteiger partial charge in [-0.2, -0.15) is 0 Å². The molecule has 4 nitrogen and oxygen atoms in total. The van der Waals surface area contributed by atoms with Gasteiger partial charge in [0.2, 0.25) is 10.0 Å². The molecule has 1 aliphatic carbocycles. The summed E-state index contributed by atoms with van der Waals surface area (Å²) in [4.78, 5) is 0. The maximum atomic E-state index is 10.8. The fourth-order valence-corrected chi connectivity index (χ4v) is 3.14. The molecule has 0 saturated heterocycles. The molecule has 106 valence electrons. The molecule has 0 bridgehead atoms. The Morgan fingerprint density at radius 2 is 2.11 bits per heavy atom. The van der Waals surface area contributed by atoms with Crippen LogP contribution in [0.3, 0.4) is 0 Å². The number of rotatable bonds is 6. The number of sulfonamides is 1. The quantitative estimate of drug-likeness (QED) is 0.788. The monoisotopic (exact) mass is 302 g/mol.